The predicted molar refractivity (Wildman–Crippen MR) is 298 cm³/mol. The Morgan fingerprint density at radius 1 is 0.304 bits per heavy atom. The van der Waals surface area contributed by atoms with Crippen LogP contribution in [0, 0.1) is 0 Å². The van der Waals surface area contributed by atoms with E-state index in [-0.39, 0.29) is 31.1 Å². The first-order valence-electron chi connectivity index (χ1n) is 29.8. The molecule has 0 saturated heterocycles. The van der Waals surface area contributed by atoms with Crippen molar-refractivity contribution in [1.29, 1.82) is 0 Å². The van der Waals surface area contributed by atoms with Crippen molar-refractivity contribution in [1.82, 2.24) is 0 Å². The van der Waals surface area contributed by atoms with Gasteiger partial charge in [0.1, 0.15) is 13.2 Å². The number of hydrogen-bond donors (Lipinski definition) is 0. The second-order valence-electron chi connectivity index (χ2n) is 19.9. The van der Waals surface area contributed by atoms with Gasteiger partial charge in [-0.3, -0.25) is 14.4 Å². The second-order valence-corrected chi connectivity index (χ2v) is 19.9. The van der Waals surface area contributed by atoms with Crippen LogP contribution >= 0.6 is 0 Å². The first-order chi connectivity index (χ1) is 34.0. The second kappa shape index (κ2) is 57.7. The van der Waals surface area contributed by atoms with Crippen molar-refractivity contribution in [2.24, 2.45) is 0 Å². The molecule has 0 aromatic rings. The minimum absolute atomic E-state index is 0.0816. The van der Waals surface area contributed by atoms with Gasteiger partial charge < -0.3 is 14.2 Å². The summed E-state index contributed by atoms with van der Waals surface area (Å²) < 4.78 is 16.9. The van der Waals surface area contributed by atoms with Crippen LogP contribution in [0.1, 0.15) is 303 Å². The van der Waals surface area contributed by atoms with Crippen LogP contribution in [0.5, 0.6) is 0 Å². The molecule has 0 aliphatic rings. The van der Waals surface area contributed by atoms with E-state index >= 15 is 0 Å². The fourth-order valence-corrected chi connectivity index (χ4v) is 8.55. The van der Waals surface area contributed by atoms with Crippen molar-refractivity contribution >= 4 is 17.9 Å². The number of ether oxygens (including phenoxy) is 3. The minimum Gasteiger partial charge on any atom is -0.462 e. The number of hydrogen-bond acceptors (Lipinski definition) is 6. The first kappa shape index (κ1) is 66.1. The normalized spacial score (nSPS) is 12.4. The zero-order valence-electron chi connectivity index (χ0n) is 45.8. The zero-order chi connectivity index (χ0) is 50.0. The van der Waals surface area contributed by atoms with Gasteiger partial charge in [0, 0.05) is 19.3 Å². The largest absolute Gasteiger partial charge is 0.462 e. The van der Waals surface area contributed by atoms with Crippen LogP contribution in [0.15, 0.2) is 60.8 Å². The summed E-state index contributed by atoms with van der Waals surface area (Å²) in [5.41, 5.74) is 0. The van der Waals surface area contributed by atoms with E-state index in [1.807, 2.05) is 0 Å². The van der Waals surface area contributed by atoms with Gasteiger partial charge in [-0.25, -0.2) is 0 Å². The molecule has 1 atom stereocenters. The van der Waals surface area contributed by atoms with Crippen molar-refractivity contribution in [3.63, 3.8) is 0 Å². The number of esters is 3. The number of rotatable bonds is 54. The van der Waals surface area contributed by atoms with E-state index < -0.39 is 6.10 Å². The molecule has 0 spiro atoms. The van der Waals surface area contributed by atoms with Crippen molar-refractivity contribution in [3.8, 4) is 0 Å². The Morgan fingerprint density at radius 3 is 0.913 bits per heavy atom. The van der Waals surface area contributed by atoms with Crippen molar-refractivity contribution in [2.45, 2.75) is 309 Å². The van der Waals surface area contributed by atoms with Crippen LogP contribution in [0.2, 0.25) is 0 Å². The fourth-order valence-electron chi connectivity index (χ4n) is 8.55. The summed E-state index contributed by atoms with van der Waals surface area (Å²) in [4.78, 5) is 38.2. The Hall–Kier alpha value is -2.89. The summed E-state index contributed by atoms with van der Waals surface area (Å²) in [6, 6.07) is 0. The summed E-state index contributed by atoms with van der Waals surface area (Å²) in [7, 11) is 0. The van der Waals surface area contributed by atoms with Gasteiger partial charge in [0.15, 0.2) is 6.10 Å². The van der Waals surface area contributed by atoms with Gasteiger partial charge in [0.25, 0.3) is 0 Å². The van der Waals surface area contributed by atoms with E-state index in [9.17, 15) is 14.4 Å². The van der Waals surface area contributed by atoms with Gasteiger partial charge in [-0.05, 0) is 83.5 Å². The summed E-state index contributed by atoms with van der Waals surface area (Å²) in [6.45, 7) is 6.52. The van der Waals surface area contributed by atoms with E-state index in [1.165, 1.54) is 154 Å². The molecule has 0 unspecified atom stereocenters. The van der Waals surface area contributed by atoms with Gasteiger partial charge in [-0.1, -0.05) is 261 Å². The lowest BCUT2D eigenvalue weighted by molar-refractivity contribution is -0.167. The molecular formula is C63H112O6. The van der Waals surface area contributed by atoms with E-state index in [0.717, 1.165) is 109 Å². The number of allylic oxidation sites excluding steroid dienone is 10. The zero-order valence-corrected chi connectivity index (χ0v) is 45.8. The van der Waals surface area contributed by atoms with Crippen molar-refractivity contribution in [2.75, 3.05) is 13.2 Å². The lowest BCUT2D eigenvalue weighted by Gasteiger charge is -2.18. The smallest absolute Gasteiger partial charge is 0.306 e. The third-order valence-electron chi connectivity index (χ3n) is 13.0. The highest BCUT2D eigenvalue weighted by Gasteiger charge is 2.19. The average Bonchev–Trinajstić information content (AvgIpc) is 3.35. The Kier molecular flexibility index (Phi) is 55.3. The molecule has 0 fully saturated rings. The molecule has 0 radical (unpaired) electrons. The molecule has 69 heavy (non-hydrogen) atoms. The fraction of sp³-hybridized carbons (Fsp3) is 0.794. The topological polar surface area (TPSA) is 78.9 Å². The van der Waals surface area contributed by atoms with Crippen LogP contribution in [-0.4, -0.2) is 37.2 Å². The highest BCUT2D eigenvalue weighted by Crippen LogP contribution is 2.17. The van der Waals surface area contributed by atoms with E-state index in [1.54, 1.807) is 0 Å². The van der Waals surface area contributed by atoms with Gasteiger partial charge in [0.2, 0.25) is 0 Å². The van der Waals surface area contributed by atoms with E-state index in [2.05, 4.69) is 81.5 Å². The van der Waals surface area contributed by atoms with Crippen LogP contribution in [0.25, 0.3) is 0 Å². The lowest BCUT2D eigenvalue weighted by Crippen LogP contribution is -2.30. The van der Waals surface area contributed by atoms with Gasteiger partial charge in [0.05, 0.1) is 0 Å². The summed E-state index contributed by atoms with van der Waals surface area (Å²) >= 11 is 0. The van der Waals surface area contributed by atoms with Gasteiger partial charge >= 0.3 is 17.9 Å². The van der Waals surface area contributed by atoms with Gasteiger partial charge in [-0.2, -0.15) is 0 Å². The molecule has 0 amide bonds. The average molecular weight is 966 g/mol. The monoisotopic (exact) mass is 965 g/mol. The van der Waals surface area contributed by atoms with Crippen LogP contribution in [0.4, 0.5) is 0 Å². The Morgan fingerprint density at radius 2 is 0.565 bits per heavy atom. The Labute approximate surface area is 428 Å². The minimum atomic E-state index is -0.783. The molecule has 0 aromatic heterocycles. The molecule has 6 heteroatoms. The molecular weight excluding hydrogens is 853 g/mol. The molecule has 0 heterocycles. The third-order valence-corrected chi connectivity index (χ3v) is 13.0. The van der Waals surface area contributed by atoms with E-state index in [0.29, 0.717) is 19.3 Å². The number of carbonyl (C=O) groups excluding carboxylic acids is 3. The molecule has 6 nitrogen and oxygen atoms in total. The number of carbonyl (C=O) groups is 3. The first-order valence-corrected chi connectivity index (χ1v) is 29.8. The molecule has 0 bridgehead atoms. The molecule has 400 valence electrons. The van der Waals surface area contributed by atoms with Crippen molar-refractivity contribution < 1.29 is 28.6 Å². The third kappa shape index (κ3) is 55.9. The standard InChI is InChI=1S/C63H112O6/c1-4-7-10-13-16-19-22-25-28-30-31-33-36-39-42-45-48-51-54-57-63(66)69-60(58-67-61(64)55-52-49-46-43-40-37-34-27-24-21-18-15-12-9-6-3)59-68-62(65)56-53-50-47-44-41-38-35-32-29-26-23-20-17-14-11-8-5-2/h9,12,17-18,20-21,26-27,29,34,60H,4-8,10-11,13-16,19,22-25,28,30-33,35-59H2,1-3H3/b12-9-,20-17-,21-18-,29-26-,34-27-/t60-/m1/s1. The molecule has 0 aromatic carbocycles. The predicted octanol–water partition coefficient (Wildman–Crippen LogP) is 20.0. The van der Waals surface area contributed by atoms with Gasteiger partial charge in [-0.15, -0.1) is 0 Å². The van der Waals surface area contributed by atoms with Crippen LogP contribution in [-0.2, 0) is 28.6 Å². The SMILES string of the molecule is CC/C=C\C/C=C\C/C=C\CCCCCCCC(=O)OC[C@H](COC(=O)CCCCCCCCC/C=C\C/C=C\CCCCC)OC(=O)CCCCCCCCCCCCCCCCCCCCC. The maximum Gasteiger partial charge on any atom is 0.306 e. The van der Waals surface area contributed by atoms with Crippen LogP contribution < -0.4 is 0 Å². The highest BCUT2D eigenvalue weighted by atomic mass is 16.6. The van der Waals surface area contributed by atoms with Crippen molar-refractivity contribution in [3.05, 3.63) is 60.8 Å². The maximum atomic E-state index is 12.9. The highest BCUT2D eigenvalue weighted by molar-refractivity contribution is 5.71. The quantitative estimate of drug-likeness (QED) is 0.0262. The maximum absolute atomic E-state index is 12.9. The Balaban J connectivity index is 4.37. The van der Waals surface area contributed by atoms with Crippen LogP contribution in [0.3, 0.4) is 0 Å². The lowest BCUT2D eigenvalue weighted by atomic mass is 10.0. The molecule has 0 aliphatic carbocycles. The number of unbranched alkanes of at least 4 members (excludes halogenated alkanes) is 33. The summed E-state index contributed by atoms with van der Waals surface area (Å²) in [5.74, 6) is -0.891. The molecule has 0 N–H and O–H groups in total. The summed E-state index contributed by atoms with van der Waals surface area (Å²) in [5, 5.41) is 0. The molecule has 0 rings (SSSR count). The molecule has 0 aliphatic heterocycles. The van der Waals surface area contributed by atoms with E-state index in [4.69, 9.17) is 14.2 Å². The summed E-state index contributed by atoms with van der Waals surface area (Å²) in [6.07, 6.45) is 72.1. The Bertz CT molecular complexity index is 1250. The molecule has 0 saturated carbocycles.